The summed E-state index contributed by atoms with van der Waals surface area (Å²) in [7, 11) is 0. The Balaban J connectivity index is 3.67. The number of hydrogen-bond acceptors (Lipinski definition) is 4. The highest BCUT2D eigenvalue weighted by Gasteiger charge is 2.00. The van der Waals surface area contributed by atoms with Crippen LogP contribution in [0.4, 0.5) is 0 Å². The Kier molecular flexibility index (Phi) is 4.96. The Morgan fingerprint density at radius 3 is 2.50 bits per heavy atom. The topological polar surface area (TPSA) is 63.6 Å². The van der Waals surface area contributed by atoms with Crippen LogP contribution in [0, 0.1) is 0 Å². The molecule has 0 spiro atoms. The zero-order valence-corrected chi connectivity index (χ0v) is 7.11. The maximum absolute atomic E-state index is 10.7. The van der Waals surface area contributed by atoms with Gasteiger partial charge in [-0.2, -0.15) is 0 Å². The molecule has 0 aromatic carbocycles. The molecule has 0 rings (SSSR count). The maximum atomic E-state index is 10.7. The van der Waals surface area contributed by atoms with Crippen molar-refractivity contribution in [3.05, 3.63) is 12.2 Å². The van der Waals surface area contributed by atoms with Crippen LogP contribution in [0.25, 0.3) is 0 Å². The number of hydrogen-bond donors (Lipinski definition) is 1. The summed E-state index contributed by atoms with van der Waals surface area (Å²) in [6.07, 6.45) is 1.47. The van der Waals surface area contributed by atoms with Crippen LogP contribution in [-0.2, 0) is 14.3 Å². The van der Waals surface area contributed by atoms with Crippen LogP contribution < -0.4 is 0 Å². The summed E-state index contributed by atoms with van der Waals surface area (Å²) in [6, 6.07) is 0. The first kappa shape index (κ1) is 10.8. The second kappa shape index (κ2) is 5.49. The van der Waals surface area contributed by atoms with Gasteiger partial charge >= 0.3 is 5.97 Å². The van der Waals surface area contributed by atoms with Crippen molar-refractivity contribution in [1.82, 2.24) is 0 Å². The number of carbonyl (C=O) groups is 2. The molecule has 0 radical (unpaired) electrons. The molecule has 1 unspecified atom stereocenters. The Labute approximate surface area is 70.8 Å². The molecule has 0 aliphatic rings. The predicted molar refractivity (Wildman–Crippen MR) is 42.5 cm³/mol. The number of esters is 1. The van der Waals surface area contributed by atoms with Crippen LogP contribution in [-0.4, -0.2) is 29.6 Å². The highest BCUT2D eigenvalue weighted by Crippen LogP contribution is 1.86. The Hall–Kier alpha value is -1.16. The van der Waals surface area contributed by atoms with E-state index in [4.69, 9.17) is 5.11 Å². The number of aliphatic hydroxyl groups excluding tert-OH is 1. The van der Waals surface area contributed by atoms with Gasteiger partial charge in [0.05, 0.1) is 6.10 Å². The average Bonchev–Trinajstić information content (AvgIpc) is 1.96. The van der Waals surface area contributed by atoms with Gasteiger partial charge in [0.25, 0.3) is 0 Å². The van der Waals surface area contributed by atoms with Crippen molar-refractivity contribution in [3.8, 4) is 0 Å². The first-order valence-corrected chi connectivity index (χ1v) is 3.56. The molecule has 0 fully saturated rings. The quantitative estimate of drug-likeness (QED) is 0.481. The molecule has 0 amide bonds. The molecule has 1 N–H and O–H groups in total. The van der Waals surface area contributed by atoms with Crippen LogP contribution in [0.3, 0.4) is 0 Å². The molecule has 12 heavy (non-hydrogen) atoms. The smallest absolute Gasteiger partial charge is 0.330 e. The average molecular weight is 172 g/mol. The van der Waals surface area contributed by atoms with Gasteiger partial charge in [-0.3, -0.25) is 4.79 Å². The van der Waals surface area contributed by atoms with Crippen LogP contribution >= 0.6 is 0 Å². The summed E-state index contributed by atoms with van der Waals surface area (Å²) in [5, 5.41) is 8.71. The summed E-state index contributed by atoms with van der Waals surface area (Å²) >= 11 is 0. The second-order valence-corrected chi connectivity index (χ2v) is 2.42. The van der Waals surface area contributed by atoms with Crippen molar-refractivity contribution in [2.24, 2.45) is 0 Å². The normalized spacial score (nSPS) is 12.9. The van der Waals surface area contributed by atoms with Gasteiger partial charge in [0.1, 0.15) is 6.61 Å². The standard InChI is InChI=1S/C8H12O4/c1-6(9)3-4-8(11)12-5-7(2)10/h3-4,7,10H,5H2,1-2H3/b4-3-. The van der Waals surface area contributed by atoms with Gasteiger partial charge in [-0.1, -0.05) is 0 Å². The van der Waals surface area contributed by atoms with E-state index in [1.165, 1.54) is 13.8 Å². The van der Waals surface area contributed by atoms with Gasteiger partial charge in [0.15, 0.2) is 5.78 Å². The maximum Gasteiger partial charge on any atom is 0.330 e. The lowest BCUT2D eigenvalue weighted by atomic mass is 10.4. The first-order chi connectivity index (χ1) is 5.52. The molecule has 1 atom stereocenters. The molecule has 4 heteroatoms. The monoisotopic (exact) mass is 172 g/mol. The highest BCUT2D eigenvalue weighted by atomic mass is 16.5. The third kappa shape index (κ3) is 6.95. The van der Waals surface area contributed by atoms with Crippen LogP contribution in [0.15, 0.2) is 12.2 Å². The molecule has 0 bridgehead atoms. The van der Waals surface area contributed by atoms with Crippen LogP contribution in [0.2, 0.25) is 0 Å². The third-order valence-electron chi connectivity index (χ3n) is 0.921. The summed E-state index contributed by atoms with van der Waals surface area (Å²) in [4.78, 5) is 21.0. The molecular formula is C8H12O4. The lowest BCUT2D eigenvalue weighted by Crippen LogP contribution is -2.13. The van der Waals surface area contributed by atoms with E-state index in [0.29, 0.717) is 0 Å². The second-order valence-electron chi connectivity index (χ2n) is 2.42. The molecule has 4 nitrogen and oxygen atoms in total. The number of carbonyl (C=O) groups excluding carboxylic acids is 2. The number of aliphatic hydroxyl groups is 1. The van der Waals surface area contributed by atoms with E-state index in [-0.39, 0.29) is 12.4 Å². The van der Waals surface area contributed by atoms with Crippen molar-refractivity contribution in [2.75, 3.05) is 6.61 Å². The number of rotatable bonds is 4. The molecule has 68 valence electrons. The lowest BCUT2D eigenvalue weighted by molar-refractivity contribution is -0.140. The van der Waals surface area contributed by atoms with Gasteiger partial charge in [-0.05, 0) is 19.9 Å². The van der Waals surface area contributed by atoms with Gasteiger partial charge in [0, 0.05) is 6.08 Å². The van der Waals surface area contributed by atoms with E-state index in [9.17, 15) is 9.59 Å². The molecule has 0 aliphatic heterocycles. The summed E-state index contributed by atoms with van der Waals surface area (Å²) in [5.41, 5.74) is 0. The van der Waals surface area contributed by atoms with Crippen LogP contribution in [0.1, 0.15) is 13.8 Å². The van der Waals surface area contributed by atoms with Gasteiger partial charge < -0.3 is 9.84 Å². The summed E-state index contributed by atoms with van der Waals surface area (Å²) in [5.74, 6) is -0.838. The zero-order valence-electron chi connectivity index (χ0n) is 7.11. The van der Waals surface area contributed by atoms with E-state index < -0.39 is 12.1 Å². The van der Waals surface area contributed by atoms with E-state index >= 15 is 0 Å². The number of ether oxygens (including phenoxy) is 1. The van der Waals surface area contributed by atoms with Gasteiger partial charge in [-0.15, -0.1) is 0 Å². The molecule has 0 heterocycles. The Morgan fingerprint density at radius 2 is 2.08 bits per heavy atom. The molecule has 0 aliphatic carbocycles. The van der Waals surface area contributed by atoms with Crippen molar-refractivity contribution < 1.29 is 19.4 Å². The van der Waals surface area contributed by atoms with Gasteiger partial charge in [0.2, 0.25) is 0 Å². The zero-order chi connectivity index (χ0) is 9.56. The minimum atomic E-state index is -0.681. The largest absolute Gasteiger partial charge is 0.460 e. The van der Waals surface area contributed by atoms with Crippen LogP contribution in [0.5, 0.6) is 0 Å². The molecule has 0 aromatic rings. The minimum absolute atomic E-state index is 0.0545. The van der Waals surface area contributed by atoms with Crippen molar-refractivity contribution >= 4 is 11.8 Å². The van der Waals surface area contributed by atoms with E-state index in [1.807, 2.05) is 0 Å². The highest BCUT2D eigenvalue weighted by molar-refractivity contribution is 5.94. The van der Waals surface area contributed by atoms with E-state index in [1.54, 1.807) is 0 Å². The Morgan fingerprint density at radius 1 is 1.50 bits per heavy atom. The molecule has 0 aromatic heterocycles. The molecular weight excluding hydrogens is 160 g/mol. The molecule has 0 saturated carbocycles. The van der Waals surface area contributed by atoms with Crippen molar-refractivity contribution in [1.29, 1.82) is 0 Å². The van der Waals surface area contributed by atoms with E-state index in [0.717, 1.165) is 12.2 Å². The van der Waals surface area contributed by atoms with Gasteiger partial charge in [-0.25, -0.2) is 4.79 Å². The number of ketones is 1. The number of allylic oxidation sites excluding steroid dienone is 1. The lowest BCUT2D eigenvalue weighted by Gasteiger charge is -2.02. The SMILES string of the molecule is CC(=O)/C=C\C(=O)OCC(C)O. The van der Waals surface area contributed by atoms with E-state index in [2.05, 4.69) is 4.74 Å². The summed E-state index contributed by atoms with van der Waals surface area (Å²) < 4.78 is 4.53. The molecule has 0 saturated heterocycles. The fourth-order valence-corrected chi connectivity index (χ4v) is 0.436. The predicted octanol–water partition coefficient (Wildman–Crippen LogP) is 0.0556. The van der Waals surface area contributed by atoms with Crippen molar-refractivity contribution in [3.63, 3.8) is 0 Å². The fraction of sp³-hybridized carbons (Fsp3) is 0.500. The fourth-order valence-electron chi connectivity index (χ4n) is 0.436. The summed E-state index contributed by atoms with van der Waals surface area (Å²) in [6.45, 7) is 2.78. The van der Waals surface area contributed by atoms with Crippen molar-refractivity contribution in [2.45, 2.75) is 20.0 Å². The minimum Gasteiger partial charge on any atom is -0.460 e. The Bertz CT molecular complexity index is 193. The first-order valence-electron chi connectivity index (χ1n) is 3.56. The third-order valence-corrected chi connectivity index (χ3v) is 0.921.